The summed E-state index contributed by atoms with van der Waals surface area (Å²) in [5.74, 6) is 1.77. The Bertz CT molecular complexity index is 387. The number of hydrogen-bond donors (Lipinski definition) is 0. The van der Waals surface area contributed by atoms with Crippen LogP contribution in [0.5, 0.6) is 0 Å². The van der Waals surface area contributed by atoms with Crippen LogP contribution in [-0.2, 0) is 33.0 Å². The van der Waals surface area contributed by atoms with Gasteiger partial charge >= 0.3 is 198 Å². The zero-order valence-electron chi connectivity index (χ0n) is 22.3. The van der Waals surface area contributed by atoms with Gasteiger partial charge in [-0.25, -0.2) is 0 Å². The van der Waals surface area contributed by atoms with E-state index in [-0.39, 0.29) is 18.3 Å². The van der Waals surface area contributed by atoms with Gasteiger partial charge in [-0.3, -0.25) is 0 Å². The molecule has 3 atom stereocenters. The minimum absolute atomic E-state index is 0.0813. The van der Waals surface area contributed by atoms with E-state index in [0.29, 0.717) is 17.8 Å². The fourth-order valence-corrected chi connectivity index (χ4v) is 22.0. The maximum atomic E-state index is 7.36. The molecular formula is C24H54O4SiZr. The molecule has 0 N–H and O–H groups in total. The van der Waals surface area contributed by atoms with Gasteiger partial charge in [0.25, 0.3) is 0 Å². The third-order valence-corrected chi connectivity index (χ3v) is 20.9. The summed E-state index contributed by atoms with van der Waals surface area (Å²) in [4.78, 5) is 0. The van der Waals surface area contributed by atoms with Gasteiger partial charge in [0.1, 0.15) is 0 Å². The molecule has 3 unspecified atom stereocenters. The van der Waals surface area contributed by atoms with Gasteiger partial charge in [-0.1, -0.05) is 0 Å². The predicted octanol–water partition coefficient (Wildman–Crippen LogP) is 8.18. The van der Waals surface area contributed by atoms with Crippen LogP contribution in [0.1, 0.15) is 102 Å². The average molecular weight is 526 g/mol. The van der Waals surface area contributed by atoms with E-state index in [1.807, 2.05) is 0 Å². The summed E-state index contributed by atoms with van der Waals surface area (Å²) < 4.78 is 27.5. The van der Waals surface area contributed by atoms with Gasteiger partial charge in [0.05, 0.1) is 0 Å². The Morgan fingerprint density at radius 3 is 1.00 bits per heavy atom. The van der Waals surface area contributed by atoms with Crippen molar-refractivity contribution < 1.29 is 33.0 Å². The van der Waals surface area contributed by atoms with E-state index in [1.165, 1.54) is 0 Å². The van der Waals surface area contributed by atoms with Crippen LogP contribution in [0.4, 0.5) is 0 Å². The molecule has 0 aliphatic carbocycles. The Hall–Kier alpha value is 0.940. The van der Waals surface area contributed by atoms with E-state index in [9.17, 15) is 0 Å². The Morgan fingerprint density at radius 2 is 0.800 bits per heavy atom. The molecule has 0 spiro atoms. The van der Waals surface area contributed by atoms with E-state index in [4.69, 9.17) is 10.9 Å². The van der Waals surface area contributed by atoms with Gasteiger partial charge < -0.3 is 0 Å². The van der Waals surface area contributed by atoms with Gasteiger partial charge in [-0.15, -0.1) is 0 Å². The quantitative estimate of drug-likeness (QED) is 0.179. The van der Waals surface area contributed by atoms with Gasteiger partial charge in [0.2, 0.25) is 0 Å². The monoisotopic (exact) mass is 524 g/mol. The fourth-order valence-electron chi connectivity index (χ4n) is 4.02. The van der Waals surface area contributed by atoms with Crippen LogP contribution in [0, 0.1) is 17.8 Å². The molecule has 182 valence electrons. The molecule has 0 aromatic heterocycles. The summed E-state index contributed by atoms with van der Waals surface area (Å²) in [5.41, 5.74) is 0. The molecular weight excluding hydrogens is 472 g/mol. The molecule has 0 bridgehead atoms. The van der Waals surface area contributed by atoms with Crippen molar-refractivity contribution in [3.05, 3.63) is 0 Å². The number of rotatable bonds is 17. The molecule has 0 aliphatic heterocycles. The fraction of sp³-hybridized carbons (Fsp3) is 1.00. The topological polar surface area (TPSA) is 36.9 Å². The van der Waals surface area contributed by atoms with Crippen LogP contribution in [0.15, 0.2) is 0 Å². The summed E-state index contributed by atoms with van der Waals surface area (Å²) >= 11 is -4.29. The Kier molecular flexibility index (Phi) is 15.4. The normalized spacial score (nSPS) is 18.1. The number of hydrogen-bond acceptors (Lipinski definition) is 4. The van der Waals surface area contributed by atoms with E-state index >= 15 is 0 Å². The second-order valence-corrected chi connectivity index (χ2v) is 20.1. The first-order chi connectivity index (χ1) is 13.8. The summed E-state index contributed by atoms with van der Waals surface area (Å²) in [6.45, 7) is 26.8. The molecule has 0 rings (SSSR count). The molecule has 4 nitrogen and oxygen atoms in total. The molecule has 0 aromatic carbocycles. The third-order valence-electron chi connectivity index (χ3n) is 5.44. The molecule has 0 heterocycles. The Labute approximate surface area is 197 Å². The molecule has 0 fully saturated rings. The van der Waals surface area contributed by atoms with Crippen LogP contribution < -0.4 is 0 Å². The van der Waals surface area contributed by atoms with Crippen LogP contribution in [0.3, 0.4) is 0 Å². The molecule has 0 saturated heterocycles. The molecule has 6 heteroatoms. The Balaban J connectivity index is 6.39. The van der Waals surface area contributed by atoms with Crippen molar-refractivity contribution in [2.24, 2.45) is 17.8 Å². The van der Waals surface area contributed by atoms with Gasteiger partial charge in [0, 0.05) is 0 Å². The first-order valence-electron chi connectivity index (χ1n) is 12.6. The van der Waals surface area contributed by atoms with Crippen LogP contribution in [0.2, 0.25) is 18.1 Å². The van der Waals surface area contributed by atoms with Crippen molar-refractivity contribution in [1.29, 1.82) is 0 Å². The van der Waals surface area contributed by atoms with Gasteiger partial charge in [0.15, 0.2) is 0 Å². The van der Waals surface area contributed by atoms with E-state index in [0.717, 1.165) is 37.4 Å². The Morgan fingerprint density at radius 1 is 0.533 bits per heavy atom. The second-order valence-electron chi connectivity index (χ2n) is 10.6. The SMILES string of the molecule is CCC(C)[O][Zr]([O]C(C)CC)([O]C(C)CC)[O][Si](CC(C)C)(CC(C)C)CC(C)C. The van der Waals surface area contributed by atoms with Crippen LogP contribution >= 0.6 is 0 Å². The summed E-state index contributed by atoms with van der Waals surface area (Å²) in [6.07, 6.45) is 3.04. The molecule has 30 heavy (non-hydrogen) atoms. The van der Waals surface area contributed by atoms with Crippen molar-refractivity contribution in [2.45, 2.75) is 139 Å². The van der Waals surface area contributed by atoms with Crippen molar-refractivity contribution >= 4 is 8.32 Å². The van der Waals surface area contributed by atoms with Crippen molar-refractivity contribution in [2.75, 3.05) is 0 Å². The first-order valence-corrected chi connectivity index (χ1v) is 19.1. The zero-order valence-corrected chi connectivity index (χ0v) is 25.8. The van der Waals surface area contributed by atoms with Crippen LogP contribution in [0.25, 0.3) is 0 Å². The van der Waals surface area contributed by atoms with Crippen molar-refractivity contribution in [3.8, 4) is 0 Å². The third kappa shape index (κ3) is 12.3. The van der Waals surface area contributed by atoms with Gasteiger partial charge in [-0.05, 0) is 0 Å². The molecule has 0 aliphatic rings. The van der Waals surface area contributed by atoms with E-state index < -0.39 is 30.3 Å². The summed E-state index contributed by atoms with van der Waals surface area (Å²) in [5, 5.41) is 0. The molecule has 0 amide bonds. The van der Waals surface area contributed by atoms with Crippen molar-refractivity contribution in [1.82, 2.24) is 0 Å². The molecule has 0 aromatic rings. The van der Waals surface area contributed by atoms with Crippen molar-refractivity contribution in [3.63, 3.8) is 0 Å². The summed E-state index contributed by atoms with van der Waals surface area (Å²) in [6, 6.07) is 3.42. The maximum absolute atomic E-state index is 7.36. The average Bonchev–Trinajstić information content (AvgIpc) is 2.58. The first kappa shape index (κ1) is 30.9. The molecule has 0 radical (unpaired) electrons. The van der Waals surface area contributed by atoms with E-state index in [2.05, 4.69) is 83.1 Å². The van der Waals surface area contributed by atoms with Gasteiger partial charge in [-0.2, -0.15) is 0 Å². The molecule has 0 saturated carbocycles. The standard InChI is InChI=1S/C12H27OSi.3C4H9O.Zr/c1-10(2)7-14(13,8-11(3)4)9-12(5)6;3*1-3-4(2)5;/h10-12H,7-9H2,1-6H3;3*4H,3H2,1-2H3;/q4*-1;+4. The second kappa shape index (κ2) is 15.0. The minimum atomic E-state index is -4.29. The van der Waals surface area contributed by atoms with Crippen LogP contribution in [-0.4, -0.2) is 26.6 Å². The zero-order chi connectivity index (χ0) is 23.5. The predicted molar refractivity (Wildman–Crippen MR) is 128 cm³/mol. The van der Waals surface area contributed by atoms with E-state index in [1.54, 1.807) is 0 Å². The summed E-state index contributed by atoms with van der Waals surface area (Å²) in [7, 11) is -2.14.